The third-order valence-corrected chi connectivity index (χ3v) is 6.77. The Hall–Kier alpha value is -2.32. The van der Waals surface area contributed by atoms with Gasteiger partial charge >= 0.3 is 0 Å². The van der Waals surface area contributed by atoms with Crippen LogP contribution in [0, 0.1) is 0 Å². The molecule has 3 heterocycles. The van der Waals surface area contributed by atoms with Crippen molar-refractivity contribution in [1.82, 2.24) is 20.4 Å². The summed E-state index contributed by atoms with van der Waals surface area (Å²) >= 11 is 0. The number of nitrogens with zero attached hydrogens (tertiary/aromatic N) is 2. The molecule has 0 spiro atoms. The van der Waals surface area contributed by atoms with Crippen LogP contribution in [0.4, 0.5) is 0 Å². The van der Waals surface area contributed by atoms with Crippen LogP contribution in [0.3, 0.4) is 0 Å². The molecule has 30 heavy (non-hydrogen) atoms. The van der Waals surface area contributed by atoms with Gasteiger partial charge in [0.25, 0.3) is 0 Å². The average molecular weight is 415 g/mol. The first-order valence-corrected chi connectivity index (χ1v) is 11.1. The van der Waals surface area contributed by atoms with Crippen LogP contribution < -0.4 is 20.1 Å². The molecule has 0 aromatic heterocycles. The second-order valence-electron chi connectivity index (χ2n) is 8.77. The molecule has 8 nitrogen and oxygen atoms in total. The Morgan fingerprint density at radius 1 is 1.03 bits per heavy atom. The van der Waals surface area contributed by atoms with E-state index in [0.717, 1.165) is 44.0 Å². The number of carbonyl (C=O) groups is 2. The molecule has 1 aromatic carbocycles. The maximum absolute atomic E-state index is 12.8. The molecule has 1 aromatic rings. The fraction of sp³-hybridized carbons (Fsp3) is 0.636. The first-order chi connectivity index (χ1) is 14.7. The Bertz CT molecular complexity index is 808. The van der Waals surface area contributed by atoms with Crippen molar-refractivity contribution in [2.45, 2.75) is 56.8 Å². The summed E-state index contributed by atoms with van der Waals surface area (Å²) in [7, 11) is 0. The largest absolute Gasteiger partial charge is 0.454 e. The molecule has 1 saturated carbocycles. The maximum Gasteiger partial charge on any atom is 0.237 e. The zero-order valence-electron chi connectivity index (χ0n) is 17.3. The van der Waals surface area contributed by atoms with Crippen LogP contribution in [-0.2, 0) is 16.1 Å². The van der Waals surface area contributed by atoms with Crippen molar-refractivity contribution >= 4 is 11.8 Å². The molecule has 3 atom stereocenters. The van der Waals surface area contributed by atoms with E-state index in [-0.39, 0.29) is 31.1 Å². The minimum absolute atomic E-state index is 0.0204. The van der Waals surface area contributed by atoms with Gasteiger partial charge in [0, 0.05) is 44.8 Å². The third kappa shape index (κ3) is 4.11. The highest BCUT2D eigenvalue weighted by Gasteiger charge is 2.37. The topological polar surface area (TPSA) is 83.1 Å². The summed E-state index contributed by atoms with van der Waals surface area (Å²) < 4.78 is 10.8. The van der Waals surface area contributed by atoms with Crippen LogP contribution in [-0.4, -0.2) is 72.7 Å². The lowest BCUT2D eigenvalue weighted by Crippen LogP contribution is -2.65. The predicted octanol–water partition coefficient (Wildman–Crippen LogP) is 0.849. The normalized spacial score (nSPS) is 28.7. The van der Waals surface area contributed by atoms with Gasteiger partial charge in [0.1, 0.15) is 0 Å². The van der Waals surface area contributed by atoms with Gasteiger partial charge in [-0.15, -0.1) is 0 Å². The Kier molecular flexibility index (Phi) is 5.52. The van der Waals surface area contributed by atoms with Crippen LogP contribution in [0.2, 0.25) is 0 Å². The molecule has 0 bridgehead atoms. The SMILES string of the molecule is O=C1N[C@H]2CCCC[C@H]2N[C@@H]1CC(=O)N1CCN(Cc2ccc3c(c2)OCO3)CC1. The first-order valence-electron chi connectivity index (χ1n) is 11.1. The van der Waals surface area contributed by atoms with E-state index in [1.807, 2.05) is 17.0 Å². The molecular weight excluding hydrogens is 384 g/mol. The fourth-order valence-corrected chi connectivity index (χ4v) is 5.03. The van der Waals surface area contributed by atoms with E-state index >= 15 is 0 Å². The molecule has 2 amide bonds. The molecule has 162 valence electrons. The molecule has 2 saturated heterocycles. The molecule has 0 unspecified atom stereocenters. The molecule has 3 fully saturated rings. The van der Waals surface area contributed by atoms with Crippen molar-refractivity contribution in [2.75, 3.05) is 33.0 Å². The van der Waals surface area contributed by atoms with E-state index in [1.165, 1.54) is 18.4 Å². The molecule has 0 radical (unpaired) electrons. The maximum atomic E-state index is 12.8. The smallest absolute Gasteiger partial charge is 0.237 e. The van der Waals surface area contributed by atoms with E-state index in [2.05, 4.69) is 21.6 Å². The lowest BCUT2D eigenvalue weighted by Gasteiger charge is -2.41. The second-order valence-corrected chi connectivity index (χ2v) is 8.77. The summed E-state index contributed by atoms with van der Waals surface area (Å²) in [5, 5.41) is 6.57. The fourth-order valence-electron chi connectivity index (χ4n) is 5.03. The summed E-state index contributed by atoms with van der Waals surface area (Å²) in [6.45, 7) is 4.17. The number of piperazine rings is 2. The van der Waals surface area contributed by atoms with Gasteiger partial charge in [-0.25, -0.2) is 0 Å². The molecule has 8 heteroatoms. The first kappa shape index (κ1) is 19.6. The Balaban J connectivity index is 1.10. The zero-order valence-corrected chi connectivity index (χ0v) is 17.3. The highest BCUT2D eigenvalue weighted by molar-refractivity contribution is 5.89. The number of benzene rings is 1. The molecule has 3 aliphatic heterocycles. The number of amides is 2. The van der Waals surface area contributed by atoms with Crippen LogP contribution in [0.5, 0.6) is 11.5 Å². The Labute approximate surface area is 176 Å². The van der Waals surface area contributed by atoms with Gasteiger partial charge in [0.05, 0.1) is 12.5 Å². The molecular formula is C22H30N4O4. The monoisotopic (exact) mass is 414 g/mol. The van der Waals surface area contributed by atoms with E-state index in [4.69, 9.17) is 9.47 Å². The lowest BCUT2D eigenvalue weighted by molar-refractivity contribution is -0.137. The standard InChI is InChI=1S/C22H30N4O4/c27-21(12-18-22(28)24-17-4-2-1-3-16(17)23-18)26-9-7-25(8-10-26)13-15-5-6-19-20(11-15)30-14-29-19/h5-6,11,16-18,23H,1-4,7-10,12-14H2,(H,24,28)/t16-,17+,18-/m1/s1. The number of ether oxygens (including phenoxy) is 2. The molecule has 4 aliphatic rings. The van der Waals surface area contributed by atoms with Crippen molar-refractivity contribution in [2.24, 2.45) is 0 Å². The number of carbonyl (C=O) groups excluding carboxylic acids is 2. The van der Waals surface area contributed by atoms with E-state index < -0.39 is 6.04 Å². The predicted molar refractivity (Wildman–Crippen MR) is 110 cm³/mol. The van der Waals surface area contributed by atoms with Gasteiger partial charge in [-0.3, -0.25) is 14.5 Å². The van der Waals surface area contributed by atoms with Crippen LogP contribution in [0.15, 0.2) is 18.2 Å². The summed E-state index contributed by atoms with van der Waals surface area (Å²) in [5.74, 6) is 1.65. The highest BCUT2D eigenvalue weighted by Crippen LogP contribution is 2.33. The van der Waals surface area contributed by atoms with Gasteiger partial charge in [-0.2, -0.15) is 0 Å². The molecule has 1 aliphatic carbocycles. The minimum atomic E-state index is -0.400. The summed E-state index contributed by atoms with van der Waals surface area (Å²) in [6.07, 6.45) is 4.72. The second kappa shape index (κ2) is 8.43. The average Bonchev–Trinajstić information content (AvgIpc) is 3.23. The van der Waals surface area contributed by atoms with Gasteiger partial charge in [-0.05, 0) is 30.5 Å². The Morgan fingerprint density at radius 3 is 2.63 bits per heavy atom. The van der Waals surface area contributed by atoms with Crippen LogP contribution >= 0.6 is 0 Å². The Morgan fingerprint density at radius 2 is 1.80 bits per heavy atom. The van der Waals surface area contributed by atoms with Crippen molar-refractivity contribution in [3.05, 3.63) is 23.8 Å². The van der Waals surface area contributed by atoms with E-state index in [1.54, 1.807) is 0 Å². The van der Waals surface area contributed by atoms with Crippen molar-refractivity contribution in [1.29, 1.82) is 0 Å². The highest BCUT2D eigenvalue weighted by atomic mass is 16.7. The number of nitrogens with one attached hydrogen (secondary N) is 2. The molecule has 2 N–H and O–H groups in total. The minimum Gasteiger partial charge on any atom is -0.454 e. The van der Waals surface area contributed by atoms with Gasteiger partial charge < -0.3 is 25.0 Å². The molecule has 5 rings (SSSR count). The van der Waals surface area contributed by atoms with Gasteiger partial charge in [-0.1, -0.05) is 18.9 Å². The van der Waals surface area contributed by atoms with Gasteiger partial charge in [0.15, 0.2) is 11.5 Å². The number of fused-ring (bicyclic) bond motifs is 2. The van der Waals surface area contributed by atoms with Crippen LogP contribution in [0.1, 0.15) is 37.7 Å². The van der Waals surface area contributed by atoms with Crippen molar-refractivity contribution in [3.8, 4) is 11.5 Å². The summed E-state index contributed by atoms with van der Waals surface area (Å²) in [6, 6.07) is 6.20. The summed E-state index contributed by atoms with van der Waals surface area (Å²) in [4.78, 5) is 29.5. The number of hydrogen-bond donors (Lipinski definition) is 2. The quantitative estimate of drug-likeness (QED) is 0.760. The van der Waals surface area contributed by atoms with E-state index in [9.17, 15) is 9.59 Å². The van der Waals surface area contributed by atoms with E-state index in [0.29, 0.717) is 19.1 Å². The number of rotatable bonds is 4. The van der Waals surface area contributed by atoms with Gasteiger partial charge in [0.2, 0.25) is 18.6 Å². The third-order valence-electron chi connectivity index (χ3n) is 6.77. The lowest BCUT2D eigenvalue weighted by atomic mass is 9.87. The van der Waals surface area contributed by atoms with Crippen molar-refractivity contribution < 1.29 is 19.1 Å². The summed E-state index contributed by atoms with van der Waals surface area (Å²) in [5.41, 5.74) is 1.18. The van der Waals surface area contributed by atoms with Crippen LogP contribution in [0.25, 0.3) is 0 Å². The van der Waals surface area contributed by atoms with Crippen molar-refractivity contribution in [3.63, 3.8) is 0 Å². The zero-order chi connectivity index (χ0) is 20.5. The number of hydrogen-bond acceptors (Lipinski definition) is 6.